The minimum Gasteiger partial charge on any atom is -0.486 e. The zero-order chi connectivity index (χ0) is 15.3. The molecule has 3 aliphatic heterocycles. The van der Waals surface area contributed by atoms with Crippen molar-refractivity contribution in [2.75, 3.05) is 19.0 Å². The molecule has 2 fully saturated rings. The molecule has 116 valence electrons. The van der Waals surface area contributed by atoms with Crippen molar-refractivity contribution in [3.8, 4) is 11.5 Å². The molecule has 3 aliphatic rings. The highest BCUT2D eigenvalue weighted by atomic mass is 32.2. The number of fused-ring (bicyclic) bond motifs is 2. The largest absolute Gasteiger partial charge is 0.486 e. The van der Waals surface area contributed by atoms with Crippen molar-refractivity contribution in [2.45, 2.75) is 23.8 Å². The number of ether oxygens (including phenoxy) is 2. The van der Waals surface area contributed by atoms with Gasteiger partial charge in [-0.1, -0.05) is 6.07 Å². The van der Waals surface area contributed by atoms with Crippen molar-refractivity contribution in [2.24, 2.45) is 0 Å². The highest BCUT2D eigenvalue weighted by molar-refractivity contribution is 8.00. The lowest BCUT2D eigenvalue weighted by Crippen LogP contribution is -2.46. The SMILES string of the molecule is O=C(O)[C@H]1CS[C@]2(c3ccc4c(c3)OCCO4)CCC(=O)N12. The van der Waals surface area contributed by atoms with Crippen LogP contribution < -0.4 is 9.47 Å². The second-order valence-corrected chi connectivity index (χ2v) is 6.87. The van der Waals surface area contributed by atoms with Gasteiger partial charge < -0.3 is 19.5 Å². The van der Waals surface area contributed by atoms with E-state index in [0.717, 1.165) is 5.56 Å². The van der Waals surface area contributed by atoms with Gasteiger partial charge in [0, 0.05) is 12.2 Å². The van der Waals surface area contributed by atoms with Gasteiger partial charge in [-0.3, -0.25) is 4.79 Å². The minimum atomic E-state index is -0.942. The average molecular weight is 321 g/mol. The van der Waals surface area contributed by atoms with Crippen LogP contribution in [0.2, 0.25) is 0 Å². The summed E-state index contributed by atoms with van der Waals surface area (Å²) < 4.78 is 11.1. The quantitative estimate of drug-likeness (QED) is 0.888. The van der Waals surface area contributed by atoms with Crippen molar-refractivity contribution < 1.29 is 24.2 Å². The van der Waals surface area contributed by atoms with E-state index >= 15 is 0 Å². The number of carboxylic acid groups (broad SMARTS) is 1. The fourth-order valence-electron chi connectivity index (χ4n) is 3.41. The summed E-state index contributed by atoms with van der Waals surface area (Å²) >= 11 is 1.53. The number of nitrogens with zero attached hydrogens (tertiary/aromatic N) is 1. The Morgan fingerprint density at radius 1 is 1.32 bits per heavy atom. The molecule has 1 N–H and O–H groups in total. The molecule has 0 bridgehead atoms. The van der Waals surface area contributed by atoms with Crippen molar-refractivity contribution in [3.63, 3.8) is 0 Å². The van der Waals surface area contributed by atoms with Gasteiger partial charge in [-0.15, -0.1) is 11.8 Å². The average Bonchev–Trinajstić information content (AvgIpc) is 3.06. The highest BCUT2D eigenvalue weighted by Gasteiger charge is 2.57. The Kier molecular flexibility index (Phi) is 3.00. The lowest BCUT2D eigenvalue weighted by atomic mass is 10.0. The minimum absolute atomic E-state index is 0.0905. The topological polar surface area (TPSA) is 76.1 Å². The third-order valence-electron chi connectivity index (χ3n) is 4.41. The van der Waals surface area contributed by atoms with Crippen molar-refractivity contribution in [1.29, 1.82) is 0 Å². The summed E-state index contributed by atoms with van der Waals surface area (Å²) in [7, 11) is 0. The number of amides is 1. The summed E-state index contributed by atoms with van der Waals surface area (Å²) in [6.07, 6.45) is 1.01. The molecule has 0 aromatic heterocycles. The molecule has 7 heteroatoms. The van der Waals surface area contributed by atoms with Gasteiger partial charge in [-0.2, -0.15) is 0 Å². The van der Waals surface area contributed by atoms with Crippen LogP contribution in [-0.4, -0.2) is 46.9 Å². The van der Waals surface area contributed by atoms with Gasteiger partial charge in [0.15, 0.2) is 11.5 Å². The second kappa shape index (κ2) is 4.81. The number of hydrogen-bond acceptors (Lipinski definition) is 5. The van der Waals surface area contributed by atoms with Gasteiger partial charge in [0.05, 0.1) is 0 Å². The fraction of sp³-hybridized carbons (Fsp3) is 0.467. The maximum absolute atomic E-state index is 12.2. The van der Waals surface area contributed by atoms with Crippen molar-refractivity contribution in [1.82, 2.24) is 4.90 Å². The number of carbonyl (C=O) groups is 2. The number of hydrogen-bond donors (Lipinski definition) is 1. The van der Waals surface area contributed by atoms with E-state index in [9.17, 15) is 14.7 Å². The summed E-state index contributed by atoms with van der Waals surface area (Å²) in [6.45, 7) is 1.02. The summed E-state index contributed by atoms with van der Waals surface area (Å²) in [5.41, 5.74) is 0.913. The Morgan fingerprint density at radius 2 is 2.09 bits per heavy atom. The Balaban J connectivity index is 1.77. The van der Waals surface area contributed by atoms with Crippen LogP contribution in [0.3, 0.4) is 0 Å². The lowest BCUT2D eigenvalue weighted by molar-refractivity contribution is -0.148. The van der Waals surface area contributed by atoms with E-state index in [-0.39, 0.29) is 5.91 Å². The van der Waals surface area contributed by atoms with E-state index in [2.05, 4.69) is 0 Å². The van der Waals surface area contributed by atoms with Crippen molar-refractivity contribution in [3.05, 3.63) is 23.8 Å². The fourth-order valence-corrected chi connectivity index (χ4v) is 5.05. The van der Waals surface area contributed by atoms with Gasteiger partial charge in [0.25, 0.3) is 0 Å². The Labute approximate surface area is 131 Å². The van der Waals surface area contributed by atoms with Crippen LogP contribution in [-0.2, 0) is 14.5 Å². The first-order valence-electron chi connectivity index (χ1n) is 7.21. The van der Waals surface area contributed by atoms with Crippen LogP contribution in [0.4, 0.5) is 0 Å². The first kappa shape index (κ1) is 13.8. The molecule has 0 aliphatic carbocycles. The van der Waals surface area contributed by atoms with Crippen LogP contribution in [0.1, 0.15) is 18.4 Å². The zero-order valence-corrected chi connectivity index (χ0v) is 12.6. The molecule has 0 saturated carbocycles. The maximum atomic E-state index is 12.2. The Morgan fingerprint density at radius 3 is 2.86 bits per heavy atom. The number of carboxylic acids is 1. The van der Waals surface area contributed by atoms with Gasteiger partial charge in [0.1, 0.15) is 24.1 Å². The van der Waals surface area contributed by atoms with E-state index in [1.54, 1.807) is 4.90 Å². The Bertz CT molecular complexity index is 663. The molecule has 2 saturated heterocycles. The summed E-state index contributed by atoms with van der Waals surface area (Å²) in [6, 6.07) is 4.88. The molecule has 0 radical (unpaired) electrons. The monoisotopic (exact) mass is 321 g/mol. The van der Waals surface area contributed by atoms with E-state index in [4.69, 9.17) is 9.47 Å². The van der Waals surface area contributed by atoms with Crippen LogP contribution in [0, 0.1) is 0 Å². The van der Waals surface area contributed by atoms with Gasteiger partial charge >= 0.3 is 5.97 Å². The molecule has 6 nitrogen and oxygen atoms in total. The lowest BCUT2D eigenvalue weighted by Gasteiger charge is -2.34. The van der Waals surface area contributed by atoms with Crippen LogP contribution >= 0.6 is 11.8 Å². The molecule has 2 atom stereocenters. The first-order chi connectivity index (χ1) is 10.6. The maximum Gasteiger partial charge on any atom is 0.327 e. The number of aliphatic carboxylic acids is 1. The summed E-state index contributed by atoms with van der Waals surface area (Å²) in [5.74, 6) is 0.738. The van der Waals surface area contributed by atoms with E-state index in [0.29, 0.717) is 43.3 Å². The standard InChI is InChI=1S/C15H15NO5S/c17-13-3-4-15(16(13)10(8-22-15)14(18)19)9-1-2-11-12(7-9)21-6-5-20-11/h1-2,7,10H,3-6,8H2,(H,18,19)/t10-,15+/m1/s1. The number of rotatable bonds is 2. The Hall–Kier alpha value is -1.89. The highest BCUT2D eigenvalue weighted by Crippen LogP contribution is 2.55. The second-order valence-electron chi connectivity index (χ2n) is 5.57. The van der Waals surface area contributed by atoms with Crippen LogP contribution in [0.25, 0.3) is 0 Å². The van der Waals surface area contributed by atoms with Crippen molar-refractivity contribution >= 4 is 23.6 Å². The van der Waals surface area contributed by atoms with Gasteiger partial charge in [0.2, 0.25) is 5.91 Å². The molecular formula is C15H15NO5S. The predicted molar refractivity (Wildman–Crippen MR) is 79.1 cm³/mol. The summed E-state index contributed by atoms with van der Waals surface area (Å²) in [5, 5.41) is 9.38. The third-order valence-corrected chi connectivity index (χ3v) is 6.00. The molecule has 1 aromatic rings. The molecule has 0 unspecified atom stereocenters. The van der Waals surface area contributed by atoms with Gasteiger partial charge in [-0.25, -0.2) is 4.79 Å². The van der Waals surface area contributed by atoms with E-state index in [1.165, 1.54) is 11.8 Å². The first-order valence-corrected chi connectivity index (χ1v) is 8.19. The van der Waals surface area contributed by atoms with E-state index < -0.39 is 16.9 Å². The smallest absolute Gasteiger partial charge is 0.327 e. The number of thioether (sulfide) groups is 1. The molecule has 22 heavy (non-hydrogen) atoms. The molecular weight excluding hydrogens is 306 g/mol. The molecule has 4 rings (SSSR count). The number of benzene rings is 1. The zero-order valence-electron chi connectivity index (χ0n) is 11.8. The van der Waals surface area contributed by atoms with Gasteiger partial charge in [-0.05, 0) is 24.1 Å². The van der Waals surface area contributed by atoms with Crippen LogP contribution in [0.5, 0.6) is 11.5 Å². The number of carbonyl (C=O) groups excluding carboxylic acids is 1. The van der Waals surface area contributed by atoms with Crippen LogP contribution in [0.15, 0.2) is 18.2 Å². The molecule has 1 amide bonds. The van der Waals surface area contributed by atoms with E-state index in [1.807, 2.05) is 18.2 Å². The predicted octanol–water partition coefficient (Wildman–Crippen LogP) is 1.43. The molecule has 1 aromatic carbocycles. The molecule has 0 spiro atoms. The third kappa shape index (κ3) is 1.81. The summed E-state index contributed by atoms with van der Waals surface area (Å²) in [4.78, 5) is 24.6. The molecule has 3 heterocycles. The normalized spacial score (nSPS) is 29.5.